The Morgan fingerprint density at radius 3 is 1.30 bits per heavy atom. The van der Waals surface area contributed by atoms with Gasteiger partial charge in [0, 0.05) is 0 Å². The van der Waals surface area contributed by atoms with E-state index in [9.17, 15) is 0 Å². The second-order valence-corrected chi connectivity index (χ2v) is 19.1. The van der Waals surface area contributed by atoms with Gasteiger partial charge in [0.25, 0.3) is 0 Å². The lowest BCUT2D eigenvalue weighted by Gasteiger charge is -2.31. The van der Waals surface area contributed by atoms with Gasteiger partial charge in [-0.05, 0) is 30.0 Å². The van der Waals surface area contributed by atoms with Crippen LogP contribution in [0.4, 0.5) is 0 Å². The van der Waals surface area contributed by atoms with E-state index in [4.69, 9.17) is 15.9 Å². The Morgan fingerprint density at radius 1 is 0.581 bits per heavy atom. The molecular weight excluding hydrogens is 541 g/mol. The van der Waals surface area contributed by atoms with E-state index in [0.717, 1.165) is 29.7 Å². The van der Waals surface area contributed by atoms with Crippen LogP contribution in [0.15, 0.2) is 12.1 Å². The molecule has 0 aliphatic carbocycles. The maximum atomic E-state index is 6.48. The van der Waals surface area contributed by atoms with Gasteiger partial charge in [-0.3, -0.25) is 0 Å². The third-order valence-corrected chi connectivity index (χ3v) is 13.6. The minimum atomic E-state index is -1.77. The van der Waals surface area contributed by atoms with E-state index in [2.05, 4.69) is 65.1 Å². The Kier molecular flexibility index (Phi) is 21.4. The fourth-order valence-electron chi connectivity index (χ4n) is 5.00. The Morgan fingerprint density at radius 2 is 0.930 bits per heavy atom. The van der Waals surface area contributed by atoms with Crippen molar-refractivity contribution >= 4 is 8.07 Å². The molecule has 2 nitrogen and oxygen atoms in total. The van der Waals surface area contributed by atoms with Gasteiger partial charge in [0.05, 0.1) is 24.3 Å². The Balaban J connectivity index is 2.77. The smallest absolute Gasteiger partial charge is 0.178 e. The zero-order chi connectivity index (χ0) is 31.8. The summed E-state index contributed by atoms with van der Waals surface area (Å²) in [6, 6.07) is 4.02. The molecule has 0 radical (unpaired) electrons. The topological polar surface area (TPSA) is 18.5 Å². The first kappa shape index (κ1) is 39.2. The maximum Gasteiger partial charge on any atom is 0.178 e. The van der Waals surface area contributed by atoms with Gasteiger partial charge in [-0.15, -0.1) is 12.0 Å². The van der Waals surface area contributed by atoms with E-state index in [1.165, 1.54) is 116 Å². The summed E-state index contributed by atoms with van der Waals surface area (Å²) in [6.07, 6.45) is 32.1. The normalized spacial score (nSPS) is 11.6. The van der Waals surface area contributed by atoms with Gasteiger partial charge in [-0.25, -0.2) is 0 Å². The molecule has 0 saturated carbocycles. The van der Waals surface area contributed by atoms with Gasteiger partial charge >= 0.3 is 0 Å². The third-order valence-electron chi connectivity index (χ3n) is 9.14. The standard InChI is InChI=1S/C40H68O2Si/c1-9-12-14-16-18-20-22-24-26-28-33-41-38-36(11-3)30-31-37(32-35-43(7,8)40(4,5)6)39(38)42-34-29-27-25-23-21-19-17-15-13-10-2/h3,30-31H,9-10,12-29,33-34H2,1-2,4-8H3. The quantitative estimate of drug-likeness (QED) is 0.0660. The summed E-state index contributed by atoms with van der Waals surface area (Å²) >= 11 is 0. The Labute approximate surface area is 269 Å². The summed E-state index contributed by atoms with van der Waals surface area (Å²) < 4.78 is 12.9. The highest BCUT2D eigenvalue weighted by Gasteiger charge is 2.33. The monoisotopic (exact) mass is 608 g/mol. The molecule has 0 aromatic heterocycles. The van der Waals surface area contributed by atoms with Gasteiger partial charge in [-0.1, -0.05) is 175 Å². The van der Waals surface area contributed by atoms with Gasteiger partial charge < -0.3 is 9.47 Å². The molecule has 0 heterocycles. The molecule has 0 unspecified atom stereocenters. The fourth-order valence-corrected chi connectivity index (χ4v) is 5.82. The number of hydrogen-bond donors (Lipinski definition) is 0. The van der Waals surface area contributed by atoms with Gasteiger partial charge in [0.15, 0.2) is 11.5 Å². The molecule has 0 amide bonds. The number of benzene rings is 1. The molecule has 1 aromatic carbocycles. The van der Waals surface area contributed by atoms with E-state index in [0.29, 0.717) is 19.0 Å². The van der Waals surface area contributed by atoms with Crippen LogP contribution < -0.4 is 9.47 Å². The molecule has 3 heteroatoms. The minimum absolute atomic E-state index is 0.199. The lowest BCUT2D eigenvalue weighted by Crippen LogP contribution is -2.35. The van der Waals surface area contributed by atoms with Crippen LogP contribution in [0, 0.1) is 23.8 Å². The van der Waals surface area contributed by atoms with E-state index in [1.807, 2.05) is 12.1 Å². The van der Waals surface area contributed by atoms with Crippen LogP contribution in [0.5, 0.6) is 11.5 Å². The molecule has 0 N–H and O–H groups in total. The highest BCUT2D eigenvalue weighted by molar-refractivity contribution is 6.87. The first-order valence-electron chi connectivity index (χ1n) is 18.1. The largest absolute Gasteiger partial charge is 0.488 e. The molecule has 0 saturated heterocycles. The van der Waals surface area contributed by atoms with Crippen molar-refractivity contribution in [3.8, 4) is 35.3 Å². The van der Waals surface area contributed by atoms with E-state index < -0.39 is 8.07 Å². The summed E-state index contributed by atoms with van der Waals surface area (Å²) in [5, 5.41) is 0.199. The van der Waals surface area contributed by atoms with Crippen LogP contribution in [-0.2, 0) is 0 Å². The second-order valence-electron chi connectivity index (χ2n) is 14.1. The molecule has 1 aromatic rings. The van der Waals surface area contributed by atoms with Crippen molar-refractivity contribution in [3.05, 3.63) is 23.3 Å². The van der Waals surface area contributed by atoms with Crippen molar-refractivity contribution in [2.75, 3.05) is 13.2 Å². The minimum Gasteiger partial charge on any atom is -0.488 e. The number of terminal acetylenes is 1. The zero-order valence-corrected chi connectivity index (χ0v) is 30.6. The summed E-state index contributed by atoms with van der Waals surface area (Å²) in [4.78, 5) is 0. The van der Waals surface area contributed by atoms with Crippen LogP contribution >= 0.6 is 0 Å². The predicted molar refractivity (Wildman–Crippen MR) is 193 cm³/mol. The Bertz CT molecular complexity index is 954. The van der Waals surface area contributed by atoms with Crippen LogP contribution in [0.2, 0.25) is 18.1 Å². The van der Waals surface area contributed by atoms with E-state index >= 15 is 0 Å². The predicted octanol–water partition coefficient (Wildman–Crippen LogP) is 12.7. The van der Waals surface area contributed by atoms with Gasteiger partial charge in [0.1, 0.15) is 8.07 Å². The molecule has 244 valence electrons. The molecule has 43 heavy (non-hydrogen) atoms. The summed E-state index contributed by atoms with van der Waals surface area (Å²) in [5.74, 6) is 7.84. The molecule has 0 bridgehead atoms. The second kappa shape index (κ2) is 23.5. The number of hydrogen-bond acceptors (Lipinski definition) is 2. The third kappa shape index (κ3) is 17.3. The first-order chi connectivity index (χ1) is 20.7. The molecule has 0 fully saturated rings. The first-order valence-corrected chi connectivity index (χ1v) is 21.1. The summed E-state index contributed by atoms with van der Waals surface area (Å²) in [5.41, 5.74) is 5.35. The summed E-state index contributed by atoms with van der Waals surface area (Å²) in [6.45, 7) is 17.5. The van der Waals surface area contributed by atoms with Crippen LogP contribution in [0.25, 0.3) is 0 Å². The van der Waals surface area contributed by atoms with E-state index in [1.54, 1.807) is 0 Å². The van der Waals surface area contributed by atoms with Crippen molar-refractivity contribution in [1.29, 1.82) is 0 Å². The number of rotatable bonds is 24. The lowest BCUT2D eigenvalue weighted by molar-refractivity contribution is 0.257. The van der Waals surface area contributed by atoms with Crippen LogP contribution in [-0.4, -0.2) is 21.3 Å². The Hall–Kier alpha value is -1.84. The van der Waals surface area contributed by atoms with Crippen LogP contribution in [0.3, 0.4) is 0 Å². The average Bonchev–Trinajstić information content (AvgIpc) is 2.97. The van der Waals surface area contributed by atoms with Gasteiger partial charge in [-0.2, -0.15) is 0 Å². The zero-order valence-electron chi connectivity index (χ0n) is 29.6. The maximum absolute atomic E-state index is 6.48. The summed E-state index contributed by atoms with van der Waals surface area (Å²) in [7, 11) is -1.77. The molecule has 0 aliphatic heterocycles. The van der Waals surface area contributed by atoms with Crippen molar-refractivity contribution in [1.82, 2.24) is 0 Å². The number of ether oxygens (including phenoxy) is 2. The van der Waals surface area contributed by atoms with E-state index in [-0.39, 0.29) is 5.04 Å². The molecule has 0 spiro atoms. The van der Waals surface area contributed by atoms with Gasteiger partial charge in [0.2, 0.25) is 0 Å². The molecular formula is C40H68O2Si. The van der Waals surface area contributed by atoms with Crippen molar-refractivity contribution in [3.63, 3.8) is 0 Å². The highest BCUT2D eigenvalue weighted by Crippen LogP contribution is 2.37. The van der Waals surface area contributed by atoms with Crippen LogP contribution in [0.1, 0.15) is 174 Å². The van der Waals surface area contributed by atoms with Crippen molar-refractivity contribution in [2.24, 2.45) is 0 Å². The average molecular weight is 609 g/mol. The molecule has 0 atom stereocenters. The van der Waals surface area contributed by atoms with Crippen molar-refractivity contribution < 1.29 is 9.47 Å². The highest BCUT2D eigenvalue weighted by atomic mass is 28.3. The fraction of sp³-hybridized carbons (Fsp3) is 0.750. The lowest BCUT2D eigenvalue weighted by atomic mass is 10.1. The number of unbranched alkanes of at least 4 members (excludes halogenated alkanes) is 18. The molecule has 1 rings (SSSR count). The van der Waals surface area contributed by atoms with Crippen molar-refractivity contribution in [2.45, 2.75) is 181 Å². The SMILES string of the molecule is C#Cc1ccc(C#C[Si](C)(C)C(C)(C)C)c(OCCCCCCCCCCCC)c1OCCCCCCCCCCCC. The molecule has 0 aliphatic rings.